The normalized spacial score (nSPS) is 24.2. The van der Waals surface area contributed by atoms with Crippen molar-refractivity contribution in [2.45, 2.75) is 31.8 Å². The number of nitrogens with one attached hydrogen (secondary N) is 1. The largest absolute Gasteiger partial charge is 0.457 e. The van der Waals surface area contributed by atoms with Gasteiger partial charge in [0, 0.05) is 17.2 Å². The highest BCUT2D eigenvalue weighted by Crippen LogP contribution is 2.43. The van der Waals surface area contributed by atoms with Gasteiger partial charge < -0.3 is 10.1 Å². The number of hydrogen-bond donors (Lipinski definition) is 1. The lowest BCUT2D eigenvalue weighted by atomic mass is 9.80. The lowest BCUT2D eigenvalue weighted by molar-refractivity contribution is 0.226. The van der Waals surface area contributed by atoms with Crippen molar-refractivity contribution >= 4 is 0 Å². The van der Waals surface area contributed by atoms with Gasteiger partial charge in [0.1, 0.15) is 11.5 Å². The zero-order valence-electron chi connectivity index (χ0n) is 11.7. The van der Waals surface area contributed by atoms with Gasteiger partial charge in [0.15, 0.2) is 0 Å². The fraction of sp³-hybridized carbons (Fsp3) is 0.333. The molecule has 20 heavy (non-hydrogen) atoms. The third kappa shape index (κ3) is 1.92. The minimum Gasteiger partial charge on any atom is -0.457 e. The maximum atomic E-state index is 6.02. The maximum absolute atomic E-state index is 6.02. The number of hydrogen-bond acceptors (Lipinski definition) is 2. The molecule has 0 aromatic heterocycles. The van der Waals surface area contributed by atoms with Crippen LogP contribution in [0.4, 0.5) is 0 Å². The molecule has 1 heterocycles. The second-order valence-electron chi connectivity index (χ2n) is 6.05. The molecule has 1 aliphatic carbocycles. The van der Waals surface area contributed by atoms with Gasteiger partial charge in [-0.3, -0.25) is 0 Å². The van der Waals surface area contributed by atoms with Crippen LogP contribution < -0.4 is 10.1 Å². The Kier molecular flexibility index (Phi) is 2.78. The van der Waals surface area contributed by atoms with Gasteiger partial charge in [-0.25, -0.2) is 0 Å². The summed E-state index contributed by atoms with van der Waals surface area (Å²) in [4.78, 5) is 0. The second kappa shape index (κ2) is 4.64. The molecule has 2 aromatic rings. The summed E-state index contributed by atoms with van der Waals surface area (Å²) in [6.07, 6.45) is 2.56. The Hall–Kier alpha value is -1.80. The fourth-order valence-electron chi connectivity index (χ4n) is 3.36. The third-order valence-corrected chi connectivity index (χ3v) is 4.46. The van der Waals surface area contributed by atoms with Gasteiger partial charge >= 0.3 is 0 Å². The smallest absolute Gasteiger partial charge is 0.132 e. The molecule has 0 spiro atoms. The molecule has 0 atom stereocenters. The van der Waals surface area contributed by atoms with E-state index < -0.39 is 0 Å². The number of benzene rings is 2. The molecule has 4 rings (SSSR count). The lowest BCUT2D eigenvalue weighted by Gasteiger charge is -2.38. The molecule has 0 amide bonds. The van der Waals surface area contributed by atoms with Gasteiger partial charge in [0.05, 0.1) is 6.04 Å². The van der Waals surface area contributed by atoms with E-state index >= 15 is 0 Å². The predicted octanol–water partition coefficient (Wildman–Crippen LogP) is 4.27. The summed E-state index contributed by atoms with van der Waals surface area (Å²) < 4.78 is 6.02. The van der Waals surface area contributed by atoms with E-state index in [1.807, 2.05) is 12.1 Å². The van der Waals surface area contributed by atoms with Gasteiger partial charge in [0.2, 0.25) is 0 Å². The monoisotopic (exact) mass is 265 g/mol. The van der Waals surface area contributed by atoms with Gasteiger partial charge in [0.25, 0.3) is 0 Å². The summed E-state index contributed by atoms with van der Waals surface area (Å²) in [5.74, 6) is 2.82. The van der Waals surface area contributed by atoms with Crippen molar-refractivity contribution in [1.82, 2.24) is 5.32 Å². The van der Waals surface area contributed by atoms with Crippen LogP contribution >= 0.6 is 0 Å². The molecule has 0 saturated heterocycles. The summed E-state index contributed by atoms with van der Waals surface area (Å²) in [5.41, 5.74) is 2.51. The SMILES string of the molecule is CC1CC(NC2c3ccccc3Oc3ccccc32)C1. The molecule has 102 valence electrons. The summed E-state index contributed by atoms with van der Waals surface area (Å²) in [5, 5.41) is 3.82. The number of ether oxygens (including phenoxy) is 1. The molecule has 1 fully saturated rings. The Labute approximate surface area is 119 Å². The topological polar surface area (TPSA) is 21.3 Å². The van der Waals surface area contributed by atoms with E-state index in [9.17, 15) is 0 Å². The van der Waals surface area contributed by atoms with Crippen molar-refractivity contribution in [2.75, 3.05) is 0 Å². The van der Waals surface area contributed by atoms with Crippen molar-refractivity contribution in [3.8, 4) is 11.5 Å². The Morgan fingerprint density at radius 1 is 0.900 bits per heavy atom. The molecule has 0 radical (unpaired) electrons. The van der Waals surface area contributed by atoms with Gasteiger partial charge in [-0.2, -0.15) is 0 Å². The highest BCUT2D eigenvalue weighted by molar-refractivity contribution is 5.52. The minimum atomic E-state index is 0.258. The highest BCUT2D eigenvalue weighted by Gasteiger charge is 2.32. The molecular formula is C18H19NO. The van der Waals surface area contributed by atoms with Crippen molar-refractivity contribution < 1.29 is 4.74 Å². The van der Waals surface area contributed by atoms with E-state index in [2.05, 4.69) is 48.6 Å². The first kappa shape index (κ1) is 12.0. The van der Waals surface area contributed by atoms with Crippen LogP contribution in [-0.2, 0) is 0 Å². The molecule has 1 N–H and O–H groups in total. The third-order valence-electron chi connectivity index (χ3n) is 4.46. The van der Waals surface area contributed by atoms with E-state index in [0.717, 1.165) is 17.4 Å². The lowest BCUT2D eigenvalue weighted by Crippen LogP contribution is -2.43. The summed E-state index contributed by atoms with van der Waals surface area (Å²) in [6.45, 7) is 2.32. The summed E-state index contributed by atoms with van der Waals surface area (Å²) >= 11 is 0. The van der Waals surface area contributed by atoms with Crippen molar-refractivity contribution in [1.29, 1.82) is 0 Å². The van der Waals surface area contributed by atoms with Crippen LogP contribution in [0.2, 0.25) is 0 Å². The Bertz CT molecular complexity index is 585. The molecule has 2 aliphatic rings. The summed E-state index contributed by atoms with van der Waals surface area (Å²) in [7, 11) is 0. The van der Waals surface area contributed by atoms with E-state index in [4.69, 9.17) is 4.74 Å². The van der Waals surface area contributed by atoms with Crippen LogP contribution in [0, 0.1) is 5.92 Å². The average molecular weight is 265 g/mol. The molecule has 1 saturated carbocycles. The van der Waals surface area contributed by atoms with Crippen LogP contribution in [0.25, 0.3) is 0 Å². The summed E-state index contributed by atoms with van der Waals surface area (Å²) in [6, 6.07) is 17.6. The van der Waals surface area contributed by atoms with Crippen LogP contribution in [0.1, 0.15) is 36.9 Å². The van der Waals surface area contributed by atoms with E-state index in [-0.39, 0.29) is 6.04 Å². The second-order valence-corrected chi connectivity index (χ2v) is 6.05. The quantitative estimate of drug-likeness (QED) is 0.875. The average Bonchev–Trinajstić information content (AvgIpc) is 2.45. The highest BCUT2D eigenvalue weighted by atomic mass is 16.5. The van der Waals surface area contributed by atoms with Gasteiger partial charge in [-0.05, 0) is 30.9 Å². The molecule has 0 bridgehead atoms. The standard InChI is InChI=1S/C18H19NO/c1-12-10-13(11-12)19-18-14-6-2-4-8-16(14)20-17-9-5-3-7-15(17)18/h2-9,12-13,18-19H,10-11H2,1H3. The first-order valence-electron chi connectivity index (χ1n) is 7.43. The molecule has 1 aliphatic heterocycles. The first-order chi connectivity index (χ1) is 9.81. The van der Waals surface area contributed by atoms with Crippen molar-refractivity contribution in [3.63, 3.8) is 0 Å². The number of para-hydroxylation sites is 2. The van der Waals surface area contributed by atoms with Crippen LogP contribution in [-0.4, -0.2) is 6.04 Å². The van der Waals surface area contributed by atoms with Crippen LogP contribution in [0.3, 0.4) is 0 Å². The molecular weight excluding hydrogens is 246 g/mol. The minimum absolute atomic E-state index is 0.258. The van der Waals surface area contributed by atoms with E-state index in [1.165, 1.54) is 24.0 Å². The zero-order valence-corrected chi connectivity index (χ0v) is 11.7. The van der Waals surface area contributed by atoms with Crippen molar-refractivity contribution in [3.05, 3.63) is 59.7 Å². The number of rotatable bonds is 2. The van der Waals surface area contributed by atoms with Gasteiger partial charge in [-0.1, -0.05) is 43.3 Å². The predicted molar refractivity (Wildman–Crippen MR) is 80.1 cm³/mol. The van der Waals surface area contributed by atoms with Crippen molar-refractivity contribution in [2.24, 2.45) is 5.92 Å². The first-order valence-corrected chi connectivity index (χ1v) is 7.43. The van der Waals surface area contributed by atoms with Gasteiger partial charge in [-0.15, -0.1) is 0 Å². The molecule has 2 heteroatoms. The van der Waals surface area contributed by atoms with E-state index in [0.29, 0.717) is 6.04 Å². The molecule has 0 unspecified atom stereocenters. The number of fused-ring (bicyclic) bond motifs is 2. The van der Waals surface area contributed by atoms with Crippen LogP contribution in [0.5, 0.6) is 11.5 Å². The Morgan fingerprint density at radius 3 is 2.00 bits per heavy atom. The van der Waals surface area contributed by atoms with Crippen LogP contribution in [0.15, 0.2) is 48.5 Å². The molecule has 2 aromatic carbocycles. The Morgan fingerprint density at radius 2 is 1.45 bits per heavy atom. The fourth-order valence-corrected chi connectivity index (χ4v) is 3.36. The maximum Gasteiger partial charge on any atom is 0.132 e. The molecule has 2 nitrogen and oxygen atoms in total. The Balaban J connectivity index is 1.72. The van der Waals surface area contributed by atoms with E-state index in [1.54, 1.807) is 0 Å². The zero-order chi connectivity index (χ0) is 13.5.